The highest BCUT2D eigenvalue weighted by molar-refractivity contribution is 5.81. The summed E-state index contributed by atoms with van der Waals surface area (Å²) >= 11 is 0. The minimum absolute atomic E-state index is 0.0174. The Kier molecular flexibility index (Phi) is 7.19. The lowest BCUT2D eigenvalue weighted by molar-refractivity contribution is -0.123. The van der Waals surface area contributed by atoms with Crippen LogP contribution in [0.25, 0.3) is 0 Å². The van der Waals surface area contributed by atoms with Crippen molar-refractivity contribution in [1.82, 2.24) is 5.32 Å². The van der Waals surface area contributed by atoms with Gasteiger partial charge in [-0.05, 0) is 31.2 Å². The maximum Gasteiger partial charge on any atom is 0.237 e. The fourth-order valence-electron chi connectivity index (χ4n) is 2.13. The Morgan fingerprint density at radius 1 is 1.21 bits per heavy atom. The van der Waals surface area contributed by atoms with Crippen molar-refractivity contribution in [2.75, 3.05) is 0 Å². The van der Waals surface area contributed by atoms with Crippen LogP contribution in [0.3, 0.4) is 0 Å². The van der Waals surface area contributed by atoms with Gasteiger partial charge in [0.15, 0.2) is 0 Å². The standard InChI is InChI=1S/C16H26N2O/c1-3-8-14(4-2)18-16(19)15(17)12-11-13-9-6-5-7-10-13/h5-7,9-10,14-15H,3-4,8,11-12,17H2,1-2H3,(H,18,19)/t14?,15-/m0/s1. The zero-order valence-electron chi connectivity index (χ0n) is 12.1. The van der Waals surface area contributed by atoms with Gasteiger partial charge in [-0.3, -0.25) is 4.79 Å². The Morgan fingerprint density at radius 2 is 1.89 bits per heavy atom. The van der Waals surface area contributed by atoms with E-state index in [1.807, 2.05) is 18.2 Å². The zero-order valence-corrected chi connectivity index (χ0v) is 12.1. The molecule has 19 heavy (non-hydrogen) atoms. The number of carbonyl (C=O) groups is 1. The predicted molar refractivity (Wildman–Crippen MR) is 79.9 cm³/mol. The quantitative estimate of drug-likeness (QED) is 0.756. The van der Waals surface area contributed by atoms with Crippen LogP contribution < -0.4 is 11.1 Å². The van der Waals surface area contributed by atoms with Gasteiger partial charge in [-0.15, -0.1) is 0 Å². The fourth-order valence-corrected chi connectivity index (χ4v) is 2.13. The third-order valence-electron chi connectivity index (χ3n) is 3.40. The molecule has 2 atom stereocenters. The molecule has 0 aliphatic heterocycles. The van der Waals surface area contributed by atoms with Gasteiger partial charge in [0.1, 0.15) is 0 Å². The summed E-state index contributed by atoms with van der Waals surface area (Å²) in [4.78, 5) is 12.0. The second-order valence-corrected chi connectivity index (χ2v) is 5.03. The second kappa shape index (κ2) is 8.70. The van der Waals surface area contributed by atoms with Crippen LogP contribution in [0.5, 0.6) is 0 Å². The molecule has 106 valence electrons. The molecule has 0 saturated carbocycles. The molecule has 1 aromatic rings. The van der Waals surface area contributed by atoms with Crippen molar-refractivity contribution in [2.45, 2.75) is 58.0 Å². The summed E-state index contributed by atoms with van der Waals surface area (Å²) < 4.78 is 0. The second-order valence-electron chi connectivity index (χ2n) is 5.03. The van der Waals surface area contributed by atoms with Crippen molar-refractivity contribution in [2.24, 2.45) is 5.73 Å². The summed E-state index contributed by atoms with van der Waals surface area (Å²) in [5, 5.41) is 3.04. The van der Waals surface area contributed by atoms with Gasteiger partial charge in [-0.2, -0.15) is 0 Å². The van der Waals surface area contributed by atoms with Crippen LogP contribution in [0.4, 0.5) is 0 Å². The minimum Gasteiger partial charge on any atom is -0.352 e. The van der Waals surface area contributed by atoms with Crippen molar-refractivity contribution in [3.63, 3.8) is 0 Å². The van der Waals surface area contributed by atoms with Gasteiger partial charge in [-0.1, -0.05) is 50.6 Å². The monoisotopic (exact) mass is 262 g/mol. The average molecular weight is 262 g/mol. The molecule has 1 unspecified atom stereocenters. The molecule has 0 radical (unpaired) electrons. The number of hydrogen-bond acceptors (Lipinski definition) is 2. The molecule has 3 N–H and O–H groups in total. The summed E-state index contributed by atoms with van der Waals surface area (Å²) in [6, 6.07) is 10.00. The first-order valence-corrected chi connectivity index (χ1v) is 7.27. The fraction of sp³-hybridized carbons (Fsp3) is 0.562. The Morgan fingerprint density at radius 3 is 2.47 bits per heavy atom. The van der Waals surface area contributed by atoms with E-state index in [-0.39, 0.29) is 11.9 Å². The van der Waals surface area contributed by atoms with Gasteiger partial charge in [0.05, 0.1) is 6.04 Å². The lowest BCUT2D eigenvalue weighted by Gasteiger charge is -2.19. The summed E-state index contributed by atoms with van der Waals surface area (Å²) in [6.07, 6.45) is 4.61. The molecule has 1 rings (SSSR count). The lowest BCUT2D eigenvalue weighted by atomic mass is 10.0. The van der Waals surface area contributed by atoms with E-state index in [4.69, 9.17) is 5.73 Å². The predicted octanol–water partition coefficient (Wildman–Crippen LogP) is 2.64. The minimum atomic E-state index is -0.411. The summed E-state index contributed by atoms with van der Waals surface area (Å²) in [7, 11) is 0. The average Bonchev–Trinajstić information content (AvgIpc) is 2.45. The summed E-state index contributed by atoms with van der Waals surface area (Å²) in [6.45, 7) is 4.22. The molecule has 0 spiro atoms. The molecule has 0 bridgehead atoms. The Balaban J connectivity index is 2.36. The third kappa shape index (κ3) is 5.88. The maximum atomic E-state index is 12.0. The Hall–Kier alpha value is -1.35. The number of amides is 1. The Bertz CT molecular complexity index is 364. The number of carbonyl (C=O) groups excluding carboxylic acids is 1. The molecule has 1 aromatic carbocycles. The lowest BCUT2D eigenvalue weighted by Crippen LogP contribution is -2.45. The third-order valence-corrected chi connectivity index (χ3v) is 3.40. The van der Waals surface area contributed by atoms with E-state index < -0.39 is 6.04 Å². The van der Waals surface area contributed by atoms with Crippen molar-refractivity contribution in [1.29, 1.82) is 0 Å². The van der Waals surface area contributed by atoms with Crippen LogP contribution >= 0.6 is 0 Å². The molecule has 3 nitrogen and oxygen atoms in total. The van der Waals surface area contributed by atoms with Crippen molar-refractivity contribution in [3.05, 3.63) is 35.9 Å². The van der Waals surface area contributed by atoms with E-state index in [1.165, 1.54) is 5.56 Å². The van der Waals surface area contributed by atoms with E-state index in [0.29, 0.717) is 6.42 Å². The number of nitrogens with two attached hydrogens (primary N) is 1. The molecule has 0 aliphatic carbocycles. The molecule has 0 saturated heterocycles. The summed E-state index contributed by atoms with van der Waals surface area (Å²) in [5.41, 5.74) is 7.18. The molecular weight excluding hydrogens is 236 g/mol. The molecule has 0 fully saturated rings. The van der Waals surface area contributed by atoms with Crippen LogP contribution in [-0.2, 0) is 11.2 Å². The van der Waals surface area contributed by atoms with Crippen LogP contribution in [0, 0.1) is 0 Å². The van der Waals surface area contributed by atoms with Crippen LogP contribution in [0.1, 0.15) is 45.1 Å². The van der Waals surface area contributed by atoms with Crippen LogP contribution in [0.15, 0.2) is 30.3 Å². The first-order chi connectivity index (χ1) is 9.17. The van der Waals surface area contributed by atoms with Crippen LogP contribution in [-0.4, -0.2) is 18.0 Å². The first-order valence-electron chi connectivity index (χ1n) is 7.27. The van der Waals surface area contributed by atoms with Gasteiger partial charge in [0.2, 0.25) is 5.91 Å². The topological polar surface area (TPSA) is 55.1 Å². The van der Waals surface area contributed by atoms with E-state index in [2.05, 4.69) is 31.3 Å². The van der Waals surface area contributed by atoms with Crippen molar-refractivity contribution >= 4 is 5.91 Å². The van der Waals surface area contributed by atoms with Gasteiger partial charge < -0.3 is 11.1 Å². The number of aryl methyl sites for hydroxylation is 1. The highest BCUT2D eigenvalue weighted by Gasteiger charge is 2.16. The Labute approximate surface area is 116 Å². The molecule has 0 aromatic heterocycles. The molecule has 0 aliphatic rings. The molecule has 1 amide bonds. The van der Waals surface area contributed by atoms with Crippen molar-refractivity contribution < 1.29 is 4.79 Å². The largest absolute Gasteiger partial charge is 0.352 e. The highest BCUT2D eigenvalue weighted by Crippen LogP contribution is 2.06. The number of benzene rings is 1. The van der Waals surface area contributed by atoms with E-state index in [1.54, 1.807) is 0 Å². The SMILES string of the molecule is CCCC(CC)NC(=O)[C@@H](N)CCc1ccccc1. The molecule has 0 heterocycles. The van der Waals surface area contributed by atoms with Gasteiger partial charge in [0.25, 0.3) is 0 Å². The van der Waals surface area contributed by atoms with E-state index in [9.17, 15) is 4.79 Å². The highest BCUT2D eigenvalue weighted by atomic mass is 16.2. The molecule has 3 heteroatoms. The van der Waals surface area contributed by atoms with Gasteiger partial charge in [-0.25, -0.2) is 0 Å². The number of hydrogen-bond donors (Lipinski definition) is 2. The van der Waals surface area contributed by atoms with Crippen molar-refractivity contribution in [3.8, 4) is 0 Å². The van der Waals surface area contributed by atoms with Gasteiger partial charge in [0, 0.05) is 6.04 Å². The maximum absolute atomic E-state index is 12.0. The molecular formula is C16H26N2O. The number of nitrogens with one attached hydrogen (secondary N) is 1. The van der Waals surface area contributed by atoms with Crippen LogP contribution in [0.2, 0.25) is 0 Å². The van der Waals surface area contributed by atoms with E-state index in [0.717, 1.165) is 25.7 Å². The summed E-state index contributed by atoms with van der Waals surface area (Å²) in [5.74, 6) is -0.0174. The zero-order chi connectivity index (χ0) is 14.1. The smallest absolute Gasteiger partial charge is 0.237 e. The first kappa shape index (κ1) is 15.7. The van der Waals surface area contributed by atoms with Gasteiger partial charge >= 0.3 is 0 Å². The van der Waals surface area contributed by atoms with E-state index >= 15 is 0 Å². The normalized spacial score (nSPS) is 13.8. The number of rotatable bonds is 8.